The Hall–Kier alpha value is -1.06. The minimum absolute atomic E-state index is 0.0510. The summed E-state index contributed by atoms with van der Waals surface area (Å²) in [6, 6.07) is -0.266. The van der Waals surface area contributed by atoms with Crippen molar-refractivity contribution in [1.82, 2.24) is 5.43 Å². The molecule has 0 saturated carbocycles. The lowest BCUT2D eigenvalue weighted by atomic mass is 10.2. The van der Waals surface area contributed by atoms with Crippen molar-refractivity contribution in [2.75, 3.05) is 0 Å². The number of hydrogen-bond acceptors (Lipinski definition) is 4. The predicted octanol–water partition coefficient (Wildman–Crippen LogP) is 0.286. The van der Waals surface area contributed by atoms with Crippen LogP contribution in [0.2, 0.25) is 0 Å². The lowest BCUT2D eigenvalue weighted by molar-refractivity contribution is -0.149. The predicted molar refractivity (Wildman–Crippen MR) is 41.3 cm³/mol. The molecule has 0 spiro atoms. The molecule has 0 fully saturated rings. The van der Waals surface area contributed by atoms with Crippen LogP contribution >= 0.6 is 0 Å². The second-order valence-electron chi connectivity index (χ2n) is 2.71. The second kappa shape index (κ2) is 3.37. The number of esters is 1. The van der Waals surface area contributed by atoms with Gasteiger partial charge in [0, 0.05) is 12.6 Å². The number of carbonyl (C=O) groups is 1. The van der Waals surface area contributed by atoms with Gasteiger partial charge >= 0.3 is 5.97 Å². The van der Waals surface area contributed by atoms with Crippen LogP contribution in [0, 0.1) is 0 Å². The molecule has 1 rings (SSSR count). The Morgan fingerprint density at radius 2 is 2.55 bits per heavy atom. The van der Waals surface area contributed by atoms with Gasteiger partial charge in [-0.1, -0.05) is 0 Å². The average Bonchev–Trinajstić information content (AvgIpc) is 2.35. The summed E-state index contributed by atoms with van der Waals surface area (Å²) in [6.07, 6.45) is 2.25. The first-order chi connectivity index (χ1) is 5.20. The number of nitrogens with one attached hydrogen (secondary N) is 1. The summed E-state index contributed by atoms with van der Waals surface area (Å²) in [6.45, 7) is 3.65. The first-order valence-electron chi connectivity index (χ1n) is 3.67. The largest absolute Gasteiger partial charge is 0.461 e. The fourth-order valence-electron chi connectivity index (χ4n) is 0.817. The molecule has 0 radical (unpaired) electrons. The average molecular weight is 156 g/mol. The number of rotatable bonds is 2. The van der Waals surface area contributed by atoms with E-state index in [4.69, 9.17) is 4.74 Å². The molecule has 1 unspecified atom stereocenters. The van der Waals surface area contributed by atoms with Crippen molar-refractivity contribution in [2.45, 2.75) is 32.4 Å². The van der Waals surface area contributed by atoms with Gasteiger partial charge in [0.05, 0.1) is 6.10 Å². The summed E-state index contributed by atoms with van der Waals surface area (Å²) in [5.41, 5.74) is 2.66. The van der Waals surface area contributed by atoms with E-state index in [1.54, 1.807) is 6.21 Å². The highest BCUT2D eigenvalue weighted by Gasteiger charge is 2.21. The molecule has 1 N–H and O–H groups in total. The quantitative estimate of drug-likeness (QED) is 0.584. The topological polar surface area (TPSA) is 50.7 Å². The fourth-order valence-corrected chi connectivity index (χ4v) is 0.817. The van der Waals surface area contributed by atoms with E-state index >= 15 is 0 Å². The number of hydrazone groups is 1. The molecule has 0 bridgehead atoms. The minimum atomic E-state index is -0.266. The number of hydrogen-bond donors (Lipinski definition) is 1. The van der Waals surface area contributed by atoms with Crippen LogP contribution in [0.4, 0.5) is 0 Å². The van der Waals surface area contributed by atoms with E-state index in [-0.39, 0.29) is 18.1 Å². The van der Waals surface area contributed by atoms with Crippen LogP contribution in [0.3, 0.4) is 0 Å². The zero-order valence-electron chi connectivity index (χ0n) is 6.70. The minimum Gasteiger partial charge on any atom is -0.461 e. The molecule has 1 heterocycles. The van der Waals surface area contributed by atoms with Crippen LogP contribution in [0.15, 0.2) is 5.10 Å². The van der Waals surface area contributed by atoms with Gasteiger partial charge in [0.1, 0.15) is 6.04 Å². The van der Waals surface area contributed by atoms with Crippen molar-refractivity contribution in [3.63, 3.8) is 0 Å². The third-order valence-electron chi connectivity index (χ3n) is 1.30. The van der Waals surface area contributed by atoms with E-state index < -0.39 is 0 Å². The number of ether oxygens (including phenoxy) is 1. The van der Waals surface area contributed by atoms with Crippen molar-refractivity contribution in [3.05, 3.63) is 0 Å². The Kier molecular flexibility index (Phi) is 2.46. The van der Waals surface area contributed by atoms with E-state index in [2.05, 4.69) is 10.5 Å². The molecule has 0 aliphatic carbocycles. The molecule has 0 aromatic carbocycles. The van der Waals surface area contributed by atoms with Crippen LogP contribution in [0.25, 0.3) is 0 Å². The highest BCUT2D eigenvalue weighted by molar-refractivity contribution is 5.81. The standard InChI is InChI=1S/C7H12N2O2/c1-5(2)11-7(10)6-3-4-8-9-6/h4-6,9H,3H2,1-2H3. The molecule has 11 heavy (non-hydrogen) atoms. The Labute approximate surface area is 65.6 Å². The van der Waals surface area contributed by atoms with Crippen LogP contribution in [-0.2, 0) is 9.53 Å². The molecular formula is C7H12N2O2. The van der Waals surface area contributed by atoms with Gasteiger partial charge < -0.3 is 4.74 Å². The van der Waals surface area contributed by atoms with Crippen molar-refractivity contribution in [1.29, 1.82) is 0 Å². The summed E-state index contributed by atoms with van der Waals surface area (Å²) in [4.78, 5) is 11.1. The van der Waals surface area contributed by atoms with Crippen LogP contribution in [0.5, 0.6) is 0 Å². The first-order valence-corrected chi connectivity index (χ1v) is 3.67. The van der Waals surface area contributed by atoms with Gasteiger partial charge in [-0.3, -0.25) is 5.43 Å². The van der Waals surface area contributed by atoms with Gasteiger partial charge in [-0.2, -0.15) is 5.10 Å². The summed E-state index contributed by atoms with van der Waals surface area (Å²) in [7, 11) is 0. The maximum absolute atomic E-state index is 11.1. The van der Waals surface area contributed by atoms with Crippen molar-refractivity contribution >= 4 is 12.2 Å². The third kappa shape index (κ3) is 2.22. The third-order valence-corrected chi connectivity index (χ3v) is 1.30. The molecule has 0 aromatic rings. The van der Waals surface area contributed by atoms with E-state index in [0.29, 0.717) is 6.42 Å². The fraction of sp³-hybridized carbons (Fsp3) is 0.714. The highest BCUT2D eigenvalue weighted by atomic mass is 16.5. The normalized spacial score (nSPS) is 21.9. The Morgan fingerprint density at radius 1 is 1.82 bits per heavy atom. The van der Waals surface area contributed by atoms with Crippen LogP contribution in [0.1, 0.15) is 20.3 Å². The molecule has 1 aliphatic heterocycles. The Balaban J connectivity index is 2.30. The summed E-state index contributed by atoms with van der Waals surface area (Å²) in [5, 5.41) is 3.72. The molecule has 0 saturated heterocycles. The van der Waals surface area contributed by atoms with E-state index in [0.717, 1.165) is 0 Å². The Bertz CT molecular complexity index is 169. The molecule has 4 heteroatoms. The summed E-state index contributed by atoms with van der Waals surface area (Å²) >= 11 is 0. The maximum atomic E-state index is 11.1. The molecule has 4 nitrogen and oxygen atoms in total. The van der Waals surface area contributed by atoms with Crippen molar-refractivity contribution in [2.24, 2.45) is 5.10 Å². The smallest absolute Gasteiger partial charge is 0.330 e. The van der Waals surface area contributed by atoms with Crippen LogP contribution < -0.4 is 5.43 Å². The van der Waals surface area contributed by atoms with Crippen molar-refractivity contribution in [3.8, 4) is 0 Å². The van der Waals surface area contributed by atoms with Gasteiger partial charge in [0.2, 0.25) is 0 Å². The van der Waals surface area contributed by atoms with Gasteiger partial charge in [-0.05, 0) is 13.8 Å². The highest BCUT2D eigenvalue weighted by Crippen LogP contribution is 2.01. The first kappa shape index (κ1) is 8.04. The molecule has 62 valence electrons. The van der Waals surface area contributed by atoms with E-state index in [1.165, 1.54) is 0 Å². The lowest BCUT2D eigenvalue weighted by Gasteiger charge is -2.11. The second-order valence-corrected chi connectivity index (χ2v) is 2.71. The lowest BCUT2D eigenvalue weighted by Crippen LogP contribution is -2.32. The SMILES string of the molecule is CC(C)OC(=O)C1CC=NN1. The van der Waals surface area contributed by atoms with Gasteiger partial charge in [-0.25, -0.2) is 4.79 Å². The zero-order valence-corrected chi connectivity index (χ0v) is 6.70. The van der Waals surface area contributed by atoms with Crippen LogP contribution in [-0.4, -0.2) is 24.3 Å². The zero-order chi connectivity index (χ0) is 8.27. The van der Waals surface area contributed by atoms with E-state index in [9.17, 15) is 4.79 Å². The van der Waals surface area contributed by atoms with Gasteiger partial charge in [0.15, 0.2) is 0 Å². The number of carbonyl (C=O) groups excluding carboxylic acids is 1. The Morgan fingerprint density at radius 3 is 3.00 bits per heavy atom. The molecule has 1 aliphatic rings. The van der Waals surface area contributed by atoms with Gasteiger partial charge in [0.25, 0.3) is 0 Å². The molecule has 0 amide bonds. The molecule has 1 atom stereocenters. The maximum Gasteiger partial charge on any atom is 0.330 e. The summed E-state index contributed by atoms with van der Waals surface area (Å²) in [5.74, 6) is -0.225. The van der Waals surface area contributed by atoms with Crippen molar-refractivity contribution < 1.29 is 9.53 Å². The van der Waals surface area contributed by atoms with E-state index in [1.807, 2.05) is 13.8 Å². The number of nitrogens with zero attached hydrogens (tertiary/aromatic N) is 1. The van der Waals surface area contributed by atoms with Gasteiger partial charge in [-0.15, -0.1) is 0 Å². The monoisotopic (exact) mass is 156 g/mol. The molecule has 0 aromatic heterocycles. The summed E-state index contributed by atoms with van der Waals surface area (Å²) < 4.78 is 4.95. The molecular weight excluding hydrogens is 144 g/mol.